The van der Waals surface area contributed by atoms with E-state index >= 15 is 0 Å². The monoisotopic (exact) mass is 737 g/mol. The maximum atomic E-state index is 5.46. The van der Waals surface area contributed by atoms with Crippen LogP contribution in [0.4, 0.5) is 0 Å². The van der Waals surface area contributed by atoms with Gasteiger partial charge in [-0.2, -0.15) is 0 Å². The quantitative estimate of drug-likeness (QED) is 0.126. The zero-order valence-electron chi connectivity index (χ0n) is 31.5. The number of aromatic nitrogens is 3. The number of benzene rings is 10. The average molecular weight is 738 g/mol. The zero-order chi connectivity index (χ0) is 38.4. The van der Waals surface area contributed by atoms with Gasteiger partial charge in [0.1, 0.15) is 0 Å². The SMILES string of the molecule is c1ccc(-c2ccc(-c3nc(-c4ccccc4-c4ccccc4)nc(-c4c5ccccc5c(-c5cccc6ccccc56)c5c4ccc4ccccc45)n3)cc2)cc1. The van der Waals surface area contributed by atoms with Crippen LogP contribution < -0.4 is 0 Å². The summed E-state index contributed by atoms with van der Waals surface area (Å²) >= 11 is 0. The normalized spacial score (nSPS) is 11.4. The standard InChI is InChI=1S/C55H35N3/c1-3-16-36(17-4-1)37-30-32-41(33-31-37)53-56-54(48-28-14-11-24-43(48)38-18-5-2-6-19-38)58-55(57-53)52-47-27-13-12-26-46(47)51(45-29-15-22-39-20-7-9-23-42(39)45)50-44-25-10-8-21-40(44)34-35-49(50)52/h1-35H. The summed E-state index contributed by atoms with van der Waals surface area (Å²) in [6.45, 7) is 0. The summed E-state index contributed by atoms with van der Waals surface area (Å²) in [7, 11) is 0. The fourth-order valence-electron chi connectivity index (χ4n) is 8.64. The molecule has 0 radical (unpaired) electrons. The molecule has 0 fully saturated rings. The summed E-state index contributed by atoms with van der Waals surface area (Å²) in [5.74, 6) is 1.89. The van der Waals surface area contributed by atoms with Crippen LogP contribution >= 0.6 is 0 Å². The van der Waals surface area contributed by atoms with E-state index in [4.69, 9.17) is 15.0 Å². The van der Waals surface area contributed by atoms with Crippen LogP contribution in [0.15, 0.2) is 212 Å². The Balaban J connectivity index is 1.24. The molecule has 0 amide bonds. The van der Waals surface area contributed by atoms with Crippen molar-refractivity contribution in [3.8, 4) is 67.5 Å². The molecule has 3 heteroatoms. The summed E-state index contributed by atoms with van der Waals surface area (Å²) in [6, 6.07) is 75.2. The van der Waals surface area contributed by atoms with E-state index in [-0.39, 0.29) is 0 Å². The minimum absolute atomic E-state index is 0.624. The topological polar surface area (TPSA) is 38.7 Å². The summed E-state index contributed by atoms with van der Waals surface area (Å²) in [6.07, 6.45) is 0. The van der Waals surface area contributed by atoms with Crippen LogP contribution in [0.25, 0.3) is 111 Å². The molecule has 0 saturated heterocycles. The largest absolute Gasteiger partial charge is 0.208 e. The van der Waals surface area contributed by atoms with Crippen LogP contribution in [0.3, 0.4) is 0 Å². The lowest BCUT2D eigenvalue weighted by Crippen LogP contribution is -2.02. The molecule has 0 aliphatic heterocycles. The van der Waals surface area contributed by atoms with E-state index in [0.29, 0.717) is 17.5 Å². The Morgan fingerprint density at radius 2 is 0.707 bits per heavy atom. The Labute approximate surface area is 336 Å². The molecule has 11 aromatic rings. The lowest BCUT2D eigenvalue weighted by Gasteiger charge is -2.20. The van der Waals surface area contributed by atoms with E-state index in [0.717, 1.165) is 49.5 Å². The van der Waals surface area contributed by atoms with Gasteiger partial charge in [0.2, 0.25) is 0 Å². The number of rotatable bonds is 6. The lowest BCUT2D eigenvalue weighted by atomic mass is 9.84. The van der Waals surface area contributed by atoms with E-state index < -0.39 is 0 Å². The number of fused-ring (bicyclic) bond motifs is 5. The third-order valence-electron chi connectivity index (χ3n) is 11.3. The van der Waals surface area contributed by atoms with Crippen LogP contribution in [-0.4, -0.2) is 15.0 Å². The summed E-state index contributed by atoms with van der Waals surface area (Å²) < 4.78 is 0. The molecule has 0 saturated carbocycles. The van der Waals surface area contributed by atoms with Crippen LogP contribution in [-0.2, 0) is 0 Å². The van der Waals surface area contributed by atoms with Crippen LogP contribution in [0.5, 0.6) is 0 Å². The van der Waals surface area contributed by atoms with E-state index in [2.05, 4.69) is 200 Å². The van der Waals surface area contributed by atoms with Gasteiger partial charge >= 0.3 is 0 Å². The Morgan fingerprint density at radius 3 is 1.45 bits per heavy atom. The second-order valence-corrected chi connectivity index (χ2v) is 14.7. The highest BCUT2D eigenvalue weighted by atomic mass is 15.0. The van der Waals surface area contributed by atoms with Gasteiger partial charge in [0.25, 0.3) is 0 Å². The average Bonchev–Trinajstić information content (AvgIpc) is 3.31. The molecule has 1 aromatic heterocycles. The maximum absolute atomic E-state index is 5.46. The molecule has 0 spiro atoms. The van der Waals surface area contributed by atoms with E-state index in [1.807, 2.05) is 12.1 Å². The van der Waals surface area contributed by atoms with Gasteiger partial charge in [-0.1, -0.05) is 212 Å². The molecular formula is C55H35N3. The van der Waals surface area contributed by atoms with Crippen LogP contribution in [0.1, 0.15) is 0 Å². The molecule has 0 unspecified atom stereocenters. The fourth-order valence-corrected chi connectivity index (χ4v) is 8.64. The molecule has 0 atom stereocenters. The molecule has 270 valence electrons. The van der Waals surface area contributed by atoms with Crippen molar-refractivity contribution in [2.75, 3.05) is 0 Å². The Hall–Kier alpha value is -7.75. The number of hydrogen-bond donors (Lipinski definition) is 0. The third-order valence-corrected chi connectivity index (χ3v) is 11.3. The smallest absolute Gasteiger partial charge is 0.165 e. The molecule has 1 heterocycles. The van der Waals surface area contributed by atoms with Crippen molar-refractivity contribution < 1.29 is 0 Å². The molecule has 0 bridgehead atoms. The van der Waals surface area contributed by atoms with Crippen LogP contribution in [0, 0.1) is 0 Å². The molecule has 11 rings (SSSR count). The Bertz CT molecular complexity index is 3310. The van der Waals surface area contributed by atoms with Gasteiger partial charge in [0.15, 0.2) is 17.5 Å². The summed E-state index contributed by atoms with van der Waals surface area (Å²) in [5.41, 5.74) is 9.76. The van der Waals surface area contributed by atoms with E-state index in [1.54, 1.807) is 0 Å². The second-order valence-electron chi connectivity index (χ2n) is 14.7. The Kier molecular flexibility index (Phi) is 8.15. The van der Waals surface area contributed by atoms with E-state index in [1.165, 1.54) is 43.6 Å². The van der Waals surface area contributed by atoms with Crippen molar-refractivity contribution in [1.29, 1.82) is 0 Å². The van der Waals surface area contributed by atoms with Gasteiger partial charge in [-0.15, -0.1) is 0 Å². The number of hydrogen-bond acceptors (Lipinski definition) is 3. The van der Waals surface area contributed by atoms with Gasteiger partial charge in [0.05, 0.1) is 0 Å². The highest BCUT2D eigenvalue weighted by Crippen LogP contribution is 2.47. The zero-order valence-corrected chi connectivity index (χ0v) is 31.5. The molecule has 10 aromatic carbocycles. The molecular weight excluding hydrogens is 703 g/mol. The van der Waals surface area contributed by atoms with Gasteiger partial charge < -0.3 is 0 Å². The van der Waals surface area contributed by atoms with Crippen molar-refractivity contribution in [2.24, 2.45) is 0 Å². The minimum atomic E-state index is 0.624. The number of nitrogens with zero attached hydrogens (tertiary/aromatic N) is 3. The first kappa shape index (κ1) is 33.6. The van der Waals surface area contributed by atoms with E-state index in [9.17, 15) is 0 Å². The van der Waals surface area contributed by atoms with Crippen molar-refractivity contribution in [1.82, 2.24) is 15.0 Å². The Morgan fingerprint density at radius 1 is 0.224 bits per heavy atom. The minimum Gasteiger partial charge on any atom is -0.208 e. The van der Waals surface area contributed by atoms with Crippen molar-refractivity contribution in [3.63, 3.8) is 0 Å². The molecule has 3 nitrogen and oxygen atoms in total. The van der Waals surface area contributed by atoms with Gasteiger partial charge in [0, 0.05) is 16.7 Å². The van der Waals surface area contributed by atoms with Crippen LogP contribution in [0.2, 0.25) is 0 Å². The first-order chi connectivity index (χ1) is 28.8. The highest BCUT2D eigenvalue weighted by molar-refractivity contribution is 6.29. The summed E-state index contributed by atoms with van der Waals surface area (Å²) in [4.78, 5) is 16.2. The molecule has 58 heavy (non-hydrogen) atoms. The first-order valence-corrected chi connectivity index (χ1v) is 19.7. The van der Waals surface area contributed by atoms with Gasteiger partial charge in [-0.25, -0.2) is 15.0 Å². The predicted octanol–water partition coefficient (Wildman–Crippen LogP) is 14.5. The fraction of sp³-hybridized carbons (Fsp3) is 0. The van der Waals surface area contributed by atoms with Gasteiger partial charge in [-0.05, 0) is 76.5 Å². The highest BCUT2D eigenvalue weighted by Gasteiger charge is 2.23. The molecule has 0 aliphatic rings. The van der Waals surface area contributed by atoms with Crippen molar-refractivity contribution in [3.05, 3.63) is 212 Å². The first-order valence-electron chi connectivity index (χ1n) is 19.7. The lowest BCUT2D eigenvalue weighted by molar-refractivity contribution is 1.08. The van der Waals surface area contributed by atoms with Crippen molar-refractivity contribution >= 4 is 43.1 Å². The maximum Gasteiger partial charge on any atom is 0.165 e. The summed E-state index contributed by atoms with van der Waals surface area (Å²) in [5, 5.41) is 9.33. The second kappa shape index (κ2) is 14.1. The molecule has 0 N–H and O–H groups in total. The van der Waals surface area contributed by atoms with Gasteiger partial charge in [-0.3, -0.25) is 0 Å². The van der Waals surface area contributed by atoms with Crippen molar-refractivity contribution in [2.45, 2.75) is 0 Å². The third kappa shape index (κ3) is 5.72. The molecule has 0 aliphatic carbocycles. The predicted molar refractivity (Wildman–Crippen MR) is 242 cm³/mol.